The van der Waals surface area contributed by atoms with Gasteiger partial charge in [-0.1, -0.05) is 49.9 Å². The van der Waals surface area contributed by atoms with Crippen LogP contribution in [-0.4, -0.2) is 34.1 Å². The SMILES string of the molecule is CCCCN(CCCC)CCCn1c(COc2ccc(Cl)cc2Cl)nc2cc(C(F)(F)F)ccc21. The number of rotatable bonds is 13. The van der Waals surface area contributed by atoms with Gasteiger partial charge in [0.1, 0.15) is 18.2 Å². The first-order chi connectivity index (χ1) is 16.7. The van der Waals surface area contributed by atoms with Gasteiger partial charge < -0.3 is 14.2 Å². The number of ether oxygens (including phenoxy) is 1. The van der Waals surface area contributed by atoms with Gasteiger partial charge in [0, 0.05) is 11.6 Å². The summed E-state index contributed by atoms with van der Waals surface area (Å²) in [6, 6.07) is 8.62. The van der Waals surface area contributed by atoms with Crippen LogP contribution in [0.4, 0.5) is 13.2 Å². The zero-order valence-electron chi connectivity index (χ0n) is 20.2. The van der Waals surface area contributed by atoms with Gasteiger partial charge in [0.25, 0.3) is 0 Å². The molecule has 0 saturated heterocycles. The van der Waals surface area contributed by atoms with Gasteiger partial charge in [0.05, 0.1) is 21.6 Å². The summed E-state index contributed by atoms with van der Waals surface area (Å²) in [7, 11) is 0. The van der Waals surface area contributed by atoms with Crippen molar-refractivity contribution in [2.75, 3.05) is 19.6 Å². The van der Waals surface area contributed by atoms with Gasteiger partial charge in [-0.25, -0.2) is 4.98 Å². The maximum Gasteiger partial charge on any atom is 0.416 e. The smallest absolute Gasteiger partial charge is 0.416 e. The number of aryl methyl sites for hydroxylation is 1. The van der Waals surface area contributed by atoms with E-state index in [1.165, 1.54) is 6.07 Å². The zero-order valence-corrected chi connectivity index (χ0v) is 21.7. The predicted octanol–water partition coefficient (Wildman–Crippen LogP) is 8.23. The lowest BCUT2D eigenvalue weighted by Crippen LogP contribution is -2.28. The first-order valence-electron chi connectivity index (χ1n) is 12.1. The van der Waals surface area contributed by atoms with Crippen molar-refractivity contribution in [1.82, 2.24) is 14.5 Å². The second-order valence-corrected chi connectivity index (χ2v) is 9.49. The summed E-state index contributed by atoms with van der Waals surface area (Å²) in [5.41, 5.74) is 0.245. The van der Waals surface area contributed by atoms with Crippen LogP contribution in [0.1, 0.15) is 57.3 Å². The normalized spacial score (nSPS) is 12.1. The average molecular weight is 530 g/mol. The van der Waals surface area contributed by atoms with Crippen molar-refractivity contribution < 1.29 is 17.9 Å². The number of fused-ring (bicyclic) bond motifs is 1. The molecule has 4 nitrogen and oxygen atoms in total. The quantitative estimate of drug-likeness (QED) is 0.223. The lowest BCUT2D eigenvalue weighted by atomic mass is 10.2. The third-order valence-corrected chi connectivity index (χ3v) is 6.45. The van der Waals surface area contributed by atoms with Crippen LogP contribution in [0.25, 0.3) is 11.0 Å². The standard InChI is InChI=1S/C26H32Cl2F3N3O/c1-3-5-12-33(13-6-4-2)14-7-15-34-23-10-8-19(26(29,30)31)16-22(23)32-25(34)18-35-24-11-9-20(27)17-21(24)28/h8-11,16-17H,3-7,12-15,18H2,1-2H3. The number of imidazole rings is 1. The van der Waals surface area contributed by atoms with E-state index in [4.69, 9.17) is 27.9 Å². The molecule has 0 atom stereocenters. The molecule has 0 aliphatic rings. The lowest BCUT2D eigenvalue weighted by molar-refractivity contribution is -0.137. The van der Waals surface area contributed by atoms with Gasteiger partial charge in [0.15, 0.2) is 0 Å². The minimum absolute atomic E-state index is 0.0762. The summed E-state index contributed by atoms with van der Waals surface area (Å²) in [4.78, 5) is 6.97. The highest BCUT2D eigenvalue weighted by Crippen LogP contribution is 2.32. The molecule has 0 amide bonds. The van der Waals surface area contributed by atoms with Gasteiger partial charge in [-0.3, -0.25) is 0 Å². The summed E-state index contributed by atoms with van der Waals surface area (Å²) < 4.78 is 47.7. The first-order valence-corrected chi connectivity index (χ1v) is 12.8. The third kappa shape index (κ3) is 7.76. The highest BCUT2D eigenvalue weighted by Gasteiger charge is 2.31. The number of alkyl halides is 3. The highest BCUT2D eigenvalue weighted by molar-refractivity contribution is 6.35. The Bertz CT molecular complexity index is 1090. The molecule has 3 rings (SSSR count). The minimum atomic E-state index is -4.43. The summed E-state index contributed by atoms with van der Waals surface area (Å²) in [5, 5.41) is 0.854. The number of nitrogens with zero attached hydrogens (tertiary/aromatic N) is 3. The fourth-order valence-corrected chi connectivity index (χ4v) is 4.46. The Kier molecular flexibility index (Phi) is 10.1. The molecule has 0 bridgehead atoms. The maximum atomic E-state index is 13.3. The maximum absolute atomic E-state index is 13.3. The molecule has 192 valence electrons. The molecule has 0 unspecified atom stereocenters. The molecule has 0 aliphatic heterocycles. The Hall–Kier alpha value is -1.96. The van der Waals surface area contributed by atoms with Crippen molar-refractivity contribution in [2.24, 2.45) is 0 Å². The fourth-order valence-electron chi connectivity index (χ4n) is 4.00. The molecule has 1 aromatic heterocycles. The molecule has 1 heterocycles. The number of benzene rings is 2. The largest absolute Gasteiger partial charge is 0.484 e. The van der Waals surface area contributed by atoms with E-state index in [0.29, 0.717) is 39.2 Å². The van der Waals surface area contributed by atoms with Gasteiger partial charge in [0.2, 0.25) is 0 Å². The number of hydrogen-bond acceptors (Lipinski definition) is 3. The van der Waals surface area contributed by atoms with E-state index in [0.717, 1.165) is 63.9 Å². The van der Waals surface area contributed by atoms with E-state index in [2.05, 4.69) is 23.7 Å². The molecule has 0 saturated carbocycles. The Morgan fingerprint density at radius 1 is 0.943 bits per heavy atom. The molecule has 3 aromatic rings. The summed E-state index contributed by atoms with van der Waals surface area (Å²) >= 11 is 12.2. The van der Waals surface area contributed by atoms with E-state index >= 15 is 0 Å². The van der Waals surface area contributed by atoms with Crippen LogP contribution >= 0.6 is 23.2 Å². The van der Waals surface area contributed by atoms with E-state index in [1.54, 1.807) is 18.2 Å². The van der Waals surface area contributed by atoms with Gasteiger partial charge in [-0.15, -0.1) is 0 Å². The van der Waals surface area contributed by atoms with Crippen LogP contribution in [-0.2, 0) is 19.3 Å². The van der Waals surface area contributed by atoms with Gasteiger partial charge >= 0.3 is 6.18 Å². The molecular formula is C26H32Cl2F3N3O. The van der Waals surface area contributed by atoms with E-state index in [-0.39, 0.29) is 6.61 Å². The van der Waals surface area contributed by atoms with E-state index in [1.807, 2.05) is 4.57 Å². The van der Waals surface area contributed by atoms with Crippen molar-refractivity contribution in [3.63, 3.8) is 0 Å². The Balaban J connectivity index is 1.82. The number of unbranched alkanes of at least 4 members (excludes halogenated alkanes) is 2. The Morgan fingerprint density at radius 2 is 1.63 bits per heavy atom. The average Bonchev–Trinajstić information content (AvgIpc) is 3.16. The van der Waals surface area contributed by atoms with Crippen LogP contribution in [0.5, 0.6) is 5.75 Å². The summed E-state index contributed by atoms with van der Waals surface area (Å²) in [6.07, 6.45) is 1.02. The third-order valence-electron chi connectivity index (χ3n) is 5.92. The van der Waals surface area contributed by atoms with Gasteiger partial charge in [-0.05, 0) is 75.3 Å². The lowest BCUT2D eigenvalue weighted by Gasteiger charge is -2.22. The number of halogens is 5. The predicted molar refractivity (Wildman–Crippen MR) is 136 cm³/mol. The second kappa shape index (κ2) is 12.8. The second-order valence-electron chi connectivity index (χ2n) is 8.65. The van der Waals surface area contributed by atoms with Crippen molar-refractivity contribution in [1.29, 1.82) is 0 Å². The first kappa shape index (κ1) is 27.6. The number of hydrogen-bond donors (Lipinski definition) is 0. The molecule has 0 N–H and O–H groups in total. The number of aromatic nitrogens is 2. The van der Waals surface area contributed by atoms with Gasteiger partial charge in [-0.2, -0.15) is 13.2 Å². The van der Waals surface area contributed by atoms with Crippen molar-refractivity contribution in [3.8, 4) is 5.75 Å². The molecule has 35 heavy (non-hydrogen) atoms. The summed E-state index contributed by atoms with van der Waals surface area (Å²) in [5.74, 6) is 0.995. The Morgan fingerprint density at radius 3 is 2.26 bits per heavy atom. The zero-order chi connectivity index (χ0) is 25.4. The van der Waals surface area contributed by atoms with Crippen molar-refractivity contribution in [2.45, 2.75) is 65.3 Å². The van der Waals surface area contributed by atoms with Crippen molar-refractivity contribution >= 4 is 34.2 Å². The molecule has 0 aliphatic carbocycles. The monoisotopic (exact) mass is 529 g/mol. The molecule has 0 radical (unpaired) electrons. The van der Waals surface area contributed by atoms with E-state index < -0.39 is 11.7 Å². The highest BCUT2D eigenvalue weighted by atomic mass is 35.5. The summed E-state index contributed by atoms with van der Waals surface area (Å²) in [6.45, 7) is 8.11. The fraction of sp³-hybridized carbons (Fsp3) is 0.500. The van der Waals surface area contributed by atoms with Crippen LogP contribution < -0.4 is 4.74 Å². The van der Waals surface area contributed by atoms with Crippen LogP contribution in [0, 0.1) is 0 Å². The van der Waals surface area contributed by atoms with E-state index in [9.17, 15) is 13.2 Å². The molecule has 9 heteroatoms. The Labute approximate surface area is 215 Å². The molecular weight excluding hydrogens is 498 g/mol. The minimum Gasteiger partial charge on any atom is -0.484 e. The van der Waals surface area contributed by atoms with Crippen molar-refractivity contribution in [3.05, 3.63) is 57.8 Å². The van der Waals surface area contributed by atoms with Crippen LogP contribution in [0.15, 0.2) is 36.4 Å². The molecule has 0 spiro atoms. The topological polar surface area (TPSA) is 30.3 Å². The molecule has 2 aromatic carbocycles. The van der Waals surface area contributed by atoms with Crippen LogP contribution in [0.3, 0.4) is 0 Å². The molecule has 0 fully saturated rings. The van der Waals surface area contributed by atoms with Crippen LogP contribution in [0.2, 0.25) is 10.0 Å².